The summed E-state index contributed by atoms with van der Waals surface area (Å²) in [5, 5.41) is 51.8. The van der Waals surface area contributed by atoms with Crippen molar-refractivity contribution in [3.63, 3.8) is 0 Å². The van der Waals surface area contributed by atoms with E-state index in [0.29, 0.717) is 5.56 Å². The molecule has 0 fully saturated rings. The molecule has 0 aliphatic heterocycles. The number of hydrogen-bond acceptors (Lipinski definition) is 5. The van der Waals surface area contributed by atoms with Crippen molar-refractivity contribution in [2.45, 2.75) is 13.8 Å². The van der Waals surface area contributed by atoms with Gasteiger partial charge < -0.3 is 25.5 Å². The van der Waals surface area contributed by atoms with Gasteiger partial charge in [-0.1, -0.05) is 182 Å². The Morgan fingerprint density at radius 2 is 0.849 bits per heavy atom. The summed E-state index contributed by atoms with van der Waals surface area (Å²) >= 11 is 0. The van der Waals surface area contributed by atoms with Crippen LogP contribution in [0.2, 0.25) is 0 Å². The number of phenols is 5. The van der Waals surface area contributed by atoms with E-state index < -0.39 is 28.7 Å². The first-order valence-corrected chi connectivity index (χ1v) is 17.3. The summed E-state index contributed by atoms with van der Waals surface area (Å²) in [6.45, 7) is 4.07. The first-order chi connectivity index (χ1) is 25.7. The topological polar surface area (TPSA) is 101 Å². The highest BCUT2D eigenvalue weighted by Crippen LogP contribution is 2.54. The molecule has 7 aromatic carbocycles. The Hall–Kier alpha value is -6.98. The molecule has 5 nitrogen and oxygen atoms in total. The number of allylic oxidation sites excluding steroid dienone is 5. The largest absolute Gasteiger partial charge is 0.504 e. The standard InChI is InChI=1S/C25H20O5.C23H20/c1-14-2-4-15(5-3-14)16-6-8-17(9-7-16)18-10-12-19(13-11-18)20-21(26)23(28)25(30)24(29)22(20)27;1-2-3-4-5-6-10-19-15-17-21(18-16-19)23-14-9-12-20-11-7-8-13-22(20)23/h2-13,26-30H,1H3;2-18H,1H3/b;3-2+,5-4-,10-6-. The van der Waals surface area contributed by atoms with E-state index in [1.54, 1.807) is 24.3 Å². The fourth-order valence-corrected chi connectivity index (χ4v) is 6.05. The van der Waals surface area contributed by atoms with Crippen LogP contribution in [0.5, 0.6) is 28.7 Å². The monoisotopic (exact) mass is 696 g/mol. The van der Waals surface area contributed by atoms with Crippen LogP contribution in [-0.4, -0.2) is 25.5 Å². The number of fused-ring (bicyclic) bond motifs is 1. The maximum Gasteiger partial charge on any atom is 0.208 e. The second kappa shape index (κ2) is 16.4. The molecule has 0 saturated heterocycles. The van der Waals surface area contributed by atoms with Crippen LogP contribution in [0.15, 0.2) is 170 Å². The van der Waals surface area contributed by atoms with Crippen molar-refractivity contribution in [2.24, 2.45) is 0 Å². The Bertz CT molecular complexity index is 2380. The summed E-state index contributed by atoms with van der Waals surface area (Å²) in [7, 11) is 0. The van der Waals surface area contributed by atoms with Crippen LogP contribution in [0.1, 0.15) is 18.1 Å². The van der Waals surface area contributed by atoms with Crippen molar-refractivity contribution in [3.8, 4) is 73.3 Å². The maximum absolute atomic E-state index is 10.1. The highest BCUT2D eigenvalue weighted by molar-refractivity contribution is 5.96. The van der Waals surface area contributed by atoms with Gasteiger partial charge in [-0.3, -0.25) is 0 Å². The molecule has 0 aliphatic carbocycles. The Labute approximate surface area is 309 Å². The number of rotatable bonds is 7. The van der Waals surface area contributed by atoms with Crippen molar-refractivity contribution < 1.29 is 25.5 Å². The Balaban J connectivity index is 0.000000188. The average Bonchev–Trinajstić information content (AvgIpc) is 3.20. The van der Waals surface area contributed by atoms with E-state index >= 15 is 0 Å². The normalized spacial score (nSPS) is 11.4. The molecule has 0 bridgehead atoms. The third kappa shape index (κ3) is 8.16. The highest BCUT2D eigenvalue weighted by atomic mass is 16.4. The zero-order valence-corrected chi connectivity index (χ0v) is 29.5. The lowest BCUT2D eigenvalue weighted by Crippen LogP contribution is -1.85. The van der Waals surface area contributed by atoms with Crippen LogP contribution in [0.4, 0.5) is 0 Å². The van der Waals surface area contributed by atoms with Crippen molar-refractivity contribution >= 4 is 16.8 Å². The van der Waals surface area contributed by atoms with Crippen LogP contribution >= 0.6 is 0 Å². The molecule has 0 saturated carbocycles. The first kappa shape index (κ1) is 35.8. The number of aryl methyl sites for hydroxylation is 1. The van der Waals surface area contributed by atoms with E-state index in [0.717, 1.165) is 22.3 Å². The van der Waals surface area contributed by atoms with Crippen molar-refractivity contribution in [1.82, 2.24) is 0 Å². The van der Waals surface area contributed by atoms with Gasteiger partial charge in [0.2, 0.25) is 17.2 Å². The van der Waals surface area contributed by atoms with Gasteiger partial charge in [0.25, 0.3) is 0 Å². The number of benzene rings is 7. The number of aromatic hydroxyl groups is 5. The third-order valence-corrected chi connectivity index (χ3v) is 8.97. The molecule has 53 heavy (non-hydrogen) atoms. The molecule has 7 aromatic rings. The summed E-state index contributed by atoms with van der Waals surface area (Å²) in [5.41, 5.74) is 9.32. The van der Waals surface area contributed by atoms with Crippen molar-refractivity contribution in [3.05, 3.63) is 181 Å². The average molecular weight is 697 g/mol. The minimum absolute atomic E-state index is 0.163. The fraction of sp³-hybridized carbons (Fsp3) is 0.0417. The van der Waals surface area contributed by atoms with E-state index in [-0.39, 0.29) is 5.56 Å². The molecule has 5 N–H and O–H groups in total. The van der Waals surface area contributed by atoms with Gasteiger partial charge in [0.1, 0.15) is 0 Å². The molecule has 0 aliphatic rings. The van der Waals surface area contributed by atoms with Gasteiger partial charge in [0.15, 0.2) is 11.5 Å². The van der Waals surface area contributed by atoms with Gasteiger partial charge in [0.05, 0.1) is 5.56 Å². The number of phenolic OH excluding ortho intramolecular Hbond substituents is 5. The molecule has 0 spiro atoms. The van der Waals surface area contributed by atoms with E-state index in [4.69, 9.17) is 0 Å². The molecule has 262 valence electrons. The maximum atomic E-state index is 10.1. The van der Waals surface area contributed by atoms with Crippen LogP contribution in [0.3, 0.4) is 0 Å². The zero-order valence-electron chi connectivity index (χ0n) is 29.5. The van der Waals surface area contributed by atoms with Gasteiger partial charge in [-0.25, -0.2) is 0 Å². The lowest BCUT2D eigenvalue weighted by molar-refractivity contribution is 0.330. The summed E-state index contributed by atoms with van der Waals surface area (Å²) in [6.07, 6.45) is 12.3. The van der Waals surface area contributed by atoms with Gasteiger partial charge in [-0.05, 0) is 69.1 Å². The first-order valence-electron chi connectivity index (χ1n) is 17.3. The minimum Gasteiger partial charge on any atom is -0.504 e. The van der Waals surface area contributed by atoms with E-state index in [9.17, 15) is 25.5 Å². The van der Waals surface area contributed by atoms with Crippen LogP contribution < -0.4 is 0 Å². The van der Waals surface area contributed by atoms with Crippen molar-refractivity contribution in [2.75, 3.05) is 0 Å². The molecule has 0 amide bonds. The van der Waals surface area contributed by atoms with Gasteiger partial charge in [-0.15, -0.1) is 0 Å². The quantitative estimate of drug-likeness (QED) is 0.0649. The van der Waals surface area contributed by atoms with Gasteiger partial charge in [0, 0.05) is 0 Å². The third-order valence-electron chi connectivity index (χ3n) is 8.97. The Morgan fingerprint density at radius 3 is 1.42 bits per heavy atom. The molecule has 0 atom stereocenters. The minimum atomic E-state index is -0.973. The summed E-state index contributed by atoms with van der Waals surface area (Å²) in [5.74, 6) is -4.18. The van der Waals surface area contributed by atoms with Crippen LogP contribution in [0.25, 0.3) is 61.4 Å². The molecule has 0 radical (unpaired) electrons. The second-order valence-electron chi connectivity index (χ2n) is 12.6. The molecule has 7 rings (SSSR count). The molecule has 0 unspecified atom stereocenters. The molecule has 0 heterocycles. The smallest absolute Gasteiger partial charge is 0.208 e. The van der Waals surface area contributed by atoms with E-state index in [2.05, 4.69) is 110 Å². The Morgan fingerprint density at radius 1 is 0.396 bits per heavy atom. The zero-order chi connectivity index (χ0) is 37.3. The van der Waals surface area contributed by atoms with Crippen LogP contribution in [0, 0.1) is 6.92 Å². The van der Waals surface area contributed by atoms with Gasteiger partial charge in [-0.2, -0.15) is 0 Å². The second-order valence-corrected chi connectivity index (χ2v) is 12.6. The lowest BCUT2D eigenvalue weighted by Gasteiger charge is -2.13. The number of hydrogen-bond donors (Lipinski definition) is 5. The summed E-state index contributed by atoms with van der Waals surface area (Å²) in [6, 6.07) is 47.0. The van der Waals surface area contributed by atoms with E-state index in [1.165, 1.54) is 33.0 Å². The highest BCUT2D eigenvalue weighted by Gasteiger charge is 2.24. The molecular formula is C48H40O5. The Kier molecular flexibility index (Phi) is 11.1. The predicted molar refractivity (Wildman–Crippen MR) is 218 cm³/mol. The fourth-order valence-electron chi connectivity index (χ4n) is 6.05. The summed E-state index contributed by atoms with van der Waals surface area (Å²) < 4.78 is 0. The SMILES string of the molecule is C/C=C/C=C\C=C/c1ccc(-c2cccc3ccccc23)cc1.Cc1ccc(-c2ccc(-c3ccc(-c4c(O)c(O)c(O)c(O)c4O)cc3)cc2)cc1. The summed E-state index contributed by atoms with van der Waals surface area (Å²) in [4.78, 5) is 0. The molecule has 5 heteroatoms. The predicted octanol–water partition coefficient (Wildman–Crippen LogP) is 12.2. The molecule has 0 aromatic heterocycles. The van der Waals surface area contributed by atoms with E-state index in [1.807, 2.05) is 55.5 Å². The van der Waals surface area contributed by atoms with Gasteiger partial charge >= 0.3 is 0 Å². The van der Waals surface area contributed by atoms with Crippen LogP contribution in [-0.2, 0) is 0 Å². The van der Waals surface area contributed by atoms with Crippen molar-refractivity contribution in [1.29, 1.82) is 0 Å². The lowest BCUT2D eigenvalue weighted by atomic mass is 9.96. The molecular weight excluding hydrogens is 657 g/mol.